The van der Waals surface area contributed by atoms with Crippen molar-refractivity contribution < 1.29 is 19.2 Å². The van der Waals surface area contributed by atoms with Crippen molar-refractivity contribution >= 4 is 5.91 Å². The van der Waals surface area contributed by atoms with E-state index in [9.17, 15) is 4.79 Å². The summed E-state index contributed by atoms with van der Waals surface area (Å²) in [7, 11) is 1.52. The van der Waals surface area contributed by atoms with Crippen LogP contribution in [0, 0.1) is 0 Å². The maximum absolute atomic E-state index is 11.4. The molecule has 1 atom stereocenters. The van der Waals surface area contributed by atoms with Crippen LogP contribution >= 0.6 is 0 Å². The third kappa shape index (κ3) is 3.34. The van der Waals surface area contributed by atoms with E-state index in [1.54, 1.807) is 6.92 Å². The number of aliphatic hydroxyl groups excluding tert-OH is 1. The summed E-state index contributed by atoms with van der Waals surface area (Å²) in [6, 6.07) is 1.20. The molecule has 6 nitrogen and oxygen atoms in total. The number of hydrogen-bond donors (Lipinski definition) is 2. The lowest BCUT2D eigenvalue weighted by molar-refractivity contribution is 0.0912. The number of aliphatic hydroxyl groups is 1. The number of nitrogens with zero attached hydrogens (tertiary/aromatic N) is 1. The zero-order chi connectivity index (χ0) is 11.3. The normalized spacial score (nSPS) is 12.5. The molecule has 0 aliphatic carbocycles. The van der Waals surface area contributed by atoms with Crippen molar-refractivity contribution in [2.75, 3.05) is 13.7 Å². The van der Waals surface area contributed by atoms with Crippen LogP contribution in [0.2, 0.25) is 0 Å². The number of nitrogens with one attached hydrogen (secondary N) is 1. The minimum absolute atomic E-state index is 0.117. The fourth-order valence-electron chi connectivity index (χ4n) is 0.974. The van der Waals surface area contributed by atoms with E-state index in [2.05, 4.69) is 10.5 Å². The van der Waals surface area contributed by atoms with Gasteiger partial charge in [0.25, 0.3) is 5.91 Å². The van der Waals surface area contributed by atoms with Crippen LogP contribution in [-0.4, -0.2) is 35.9 Å². The number of carbonyl (C=O) groups is 1. The highest BCUT2D eigenvalue weighted by atomic mass is 16.5. The lowest BCUT2D eigenvalue weighted by Crippen LogP contribution is -2.35. The van der Waals surface area contributed by atoms with Crippen molar-refractivity contribution in [3.05, 3.63) is 17.5 Å². The van der Waals surface area contributed by atoms with E-state index >= 15 is 0 Å². The van der Waals surface area contributed by atoms with Gasteiger partial charge in [0.05, 0.1) is 6.61 Å². The molecule has 1 heterocycles. The molecular weight excluding hydrogens is 200 g/mol. The second kappa shape index (κ2) is 5.47. The topological polar surface area (TPSA) is 84.6 Å². The zero-order valence-corrected chi connectivity index (χ0v) is 8.69. The summed E-state index contributed by atoms with van der Waals surface area (Å²) in [5.74, 6) is 0.113. The number of rotatable bonds is 5. The van der Waals surface area contributed by atoms with Gasteiger partial charge < -0.3 is 19.7 Å². The highest BCUT2D eigenvalue weighted by molar-refractivity contribution is 5.92. The largest absolute Gasteiger partial charge is 0.394 e. The van der Waals surface area contributed by atoms with Crippen LogP contribution in [0.4, 0.5) is 0 Å². The van der Waals surface area contributed by atoms with Crippen molar-refractivity contribution in [3.8, 4) is 0 Å². The average molecular weight is 214 g/mol. The predicted molar refractivity (Wildman–Crippen MR) is 51.2 cm³/mol. The molecule has 1 aromatic rings. The summed E-state index contributed by atoms with van der Waals surface area (Å²) >= 11 is 0. The molecule has 1 rings (SSSR count). The molecule has 2 N–H and O–H groups in total. The Balaban J connectivity index is 2.58. The molecule has 84 valence electrons. The van der Waals surface area contributed by atoms with Gasteiger partial charge in [-0.05, 0) is 6.92 Å². The monoisotopic (exact) mass is 214 g/mol. The summed E-state index contributed by atoms with van der Waals surface area (Å²) in [6.45, 7) is 1.85. The first-order chi connectivity index (χ1) is 7.17. The van der Waals surface area contributed by atoms with Crippen LogP contribution in [-0.2, 0) is 11.3 Å². The van der Waals surface area contributed by atoms with Crippen molar-refractivity contribution in [1.82, 2.24) is 10.5 Å². The summed E-state index contributed by atoms with van der Waals surface area (Å²) in [5.41, 5.74) is 0.183. The van der Waals surface area contributed by atoms with Crippen LogP contribution in [0.15, 0.2) is 10.6 Å². The average Bonchev–Trinajstić information content (AvgIpc) is 2.67. The lowest BCUT2D eigenvalue weighted by Gasteiger charge is -2.07. The number of carbonyl (C=O) groups excluding carboxylic acids is 1. The summed E-state index contributed by atoms with van der Waals surface area (Å²) in [4.78, 5) is 11.4. The number of aromatic nitrogens is 1. The molecule has 0 saturated heterocycles. The predicted octanol–water partition coefficient (Wildman–Crippen LogP) is -0.0684. The Morgan fingerprint density at radius 2 is 2.53 bits per heavy atom. The molecule has 0 aliphatic rings. The molecule has 0 bridgehead atoms. The van der Waals surface area contributed by atoms with Gasteiger partial charge in [-0.25, -0.2) is 0 Å². The number of ether oxygens (including phenoxy) is 1. The van der Waals surface area contributed by atoms with Gasteiger partial charge in [-0.2, -0.15) is 0 Å². The zero-order valence-electron chi connectivity index (χ0n) is 8.69. The van der Waals surface area contributed by atoms with E-state index in [4.69, 9.17) is 14.4 Å². The SMILES string of the molecule is COCc1cc(C(=O)NC(C)CO)no1. The highest BCUT2D eigenvalue weighted by Crippen LogP contribution is 2.04. The minimum atomic E-state index is -0.373. The van der Waals surface area contributed by atoms with Crippen LogP contribution in [0.1, 0.15) is 23.2 Å². The molecule has 1 aromatic heterocycles. The van der Waals surface area contributed by atoms with Crippen LogP contribution in [0.3, 0.4) is 0 Å². The molecule has 0 radical (unpaired) electrons. The number of amides is 1. The van der Waals surface area contributed by atoms with Crippen molar-refractivity contribution in [1.29, 1.82) is 0 Å². The fourth-order valence-corrected chi connectivity index (χ4v) is 0.974. The van der Waals surface area contributed by atoms with E-state index < -0.39 is 0 Å². The van der Waals surface area contributed by atoms with E-state index in [1.807, 2.05) is 0 Å². The molecule has 0 aliphatic heterocycles. The van der Waals surface area contributed by atoms with Crippen molar-refractivity contribution in [2.45, 2.75) is 19.6 Å². The lowest BCUT2D eigenvalue weighted by atomic mass is 10.3. The Kier molecular flexibility index (Phi) is 4.26. The van der Waals surface area contributed by atoms with Gasteiger partial charge in [0.2, 0.25) is 0 Å². The Morgan fingerprint density at radius 1 is 1.80 bits per heavy atom. The summed E-state index contributed by atoms with van der Waals surface area (Å²) < 4.78 is 9.66. The summed E-state index contributed by atoms with van der Waals surface area (Å²) in [5, 5.41) is 14.9. The molecule has 0 fully saturated rings. The van der Waals surface area contributed by atoms with Gasteiger partial charge in [-0.3, -0.25) is 4.79 Å². The molecule has 0 aromatic carbocycles. The van der Waals surface area contributed by atoms with Gasteiger partial charge in [-0.15, -0.1) is 0 Å². The molecule has 1 amide bonds. The smallest absolute Gasteiger partial charge is 0.273 e. The Morgan fingerprint density at radius 3 is 3.13 bits per heavy atom. The van der Waals surface area contributed by atoms with Crippen LogP contribution in [0.5, 0.6) is 0 Å². The third-order valence-corrected chi connectivity index (χ3v) is 1.73. The van der Waals surface area contributed by atoms with E-state index in [0.29, 0.717) is 5.76 Å². The Hall–Kier alpha value is -1.40. The second-order valence-electron chi connectivity index (χ2n) is 3.17. The Bertz CT molecular complexity index is 324. The maximum Gasteiger partial charge on any atom is 0.273 e. The third-order valence-electron chi connectivity index (χ3n) is 1.73. The van der Waals surface area contributed by atoms with Crippen molar-refractivity contribution in [3.63, 3.8) is 0 Å². The summed E-state index contributed by atoms with van der Waals surface area (Å²) in [6.07, 6.45) is 0. The van der Waals surface area contributed by atoms with Gasteiger partial charge >= 0.3 is 0 Å². The van der Waals surface area contributed by atoms with Crippen molar-refractivity contribution in [2.24, 2.45) is 0 Å². The Labute approximate surface area is 87.2 Å². The number of methoxy groups -OCH3 is 1. The van der Waals surface area contributed by atoms with E-state index in [-0.39, 0.29) is 30.9 Å². The van der Waals surface area contributed by atoms with E-state index in [1.165, 1.54) is 13.2 Å². The molecule has 0 spiro atoms. The molecule has 0 saturated carbocycles. The molecule has 6 heteroatoms. The minimum Gasteiger partial charge on any atom is -0.394 e. The highest BCUT2D eigenvalue weighted by Gasteiger charge is 2.14. The second-order valence-corrected chi connectivity index (χ2v) is 3.17. The van der Waals surface area contributed by atoms with Crippen LogP contribution < -0.4 is 5.32 Å². The number of hydrogen-bond acceptors (Lipinski definition) is 5. The molecule has 1 unspecified atom stereocenters. The van der Waals surface area contributed by atoms with Gasteiger partial charge in [0.1, 0.15) is 6.61 Å². The molecule has 15 heavy (non-hydrogen) atoms. The molecular formula is C9H14N2O4. The van der Waals surface area contributed by atoms with E-state index in [0.717, 1.165) is 0 Å². The first-order valence-corrected chi connectivity index (χ1v) is 4.53. The first-order valence-electron chi connectivity index (χ1n) is 4.53. The van der Waals surface area contributed by atoms with Gasteiger partial charge in [0, 0.05) is 19.2 Å². The maximum atomic E-state index is 11.4. The quantitative estimate of drug-likeness (QED) is 0.716. The fraction of sp³-hybridized carbons (Fsp3) is 0.556. The van der Waals surface area contributed by atoms with Gasteiger partial charge in [0.15, 0.2) is 11.5 Å². The van der Waals surface area contributed by atoms with Crippen LogP contribution in [0.25, 0.3) is 0 Å². The first kappa shape index (κ1) is 11.7. The standard InChI is InChI=1S/C9H14N2O4/c1-6(4-12)10-9(13)8-3-7(5-14-2)15-11-8/h3,6,12H,4-5H2,1-2H3,(H,10,13). The van der Waals surface area contributed by atoms with Gasteiger partial charge in [-0.1, -0.05) is 5.16 Å².